The summed E-state index contributed by atoms with van der Waals surface area (Å²) in [7, 11) is 1.58. The number of carbonyl (C=O) groups excluding carboxylic acids is 2. The summed E-state index contributed by atoms with van der Waals surface area (Å²) >= 11 is 0. The molecule has 1 atom stereocenters. The molecule has 100 valence electrons. The van der Waals surface area contributed by atoms with Gasteiger partial charge < -0.3 is 19.8 Å². The van der Waals surface area contributed by atoms with E-state index >= 15 is 0 Å². The van der Waals surface area contributed by atoms with Gasteiger partial charge in [-0.25, -0.2) is 4.79 Å². The largest absolute Gasteiger partial charge is 0.469 e. The lowest BCUT2D eigenvalue weighted by molar-refractivity contribution is -0.150. The highest BCUT2D eigenvalue weighted by atomic mass is 16.5. The number of esters is 1. The molecule has 1 unspecified atom stereocenters. The maximum Gasteiger partial charge on any atom is 0.332 e. The second-order valence-corrected chi connectivity index (χ2v) is 3.93. The molecule has 0 bridgehead atoms. The molecule has 0 saturated carbocycles. The predicted molar refractivity (Wildman–Crippen MR) is 64.5 cm³/mol. The molecule has 0 radical (unpaired) electrons. The molecular weight excluding hydrogens is 236 g/mol. The summed E-state index contributed by atoms with van der Waals surface area (Å²) in [5, 5.41) is 0. The number of rotatable bonds is 5. The van der Waals surface area contributed by atoms with Crippen LogP contribution in [0, 0.1) is 6.92 Å². The van der Waals surface area contributed by atoms with Gasteiger partial charge in [0.1, 0.15) is 5.76 Å². The summed E-state index contributed by atoms with van der Waals surface area (Å²) < 4.78 is 9.83. The zero-order valence-electron chi connectivity index (χ0n) is 10.8. The number of hydrogen-bond acceptors (Lipinski definition) is 5. The molecule has 2 N–H and O–H groups in total. The summed E-state index contributed by atoms with van der Waals surface area (Å²) in [6, 6.07) is 0.497. The van der Waals surface area contributed by atoms with E-state index in [9.17, 15) is 9.59 Å². The summed E-state index contributed by atoms with van der Waals surface area (Å²) in [5.41, 5.74) is 6.40. The van der Waals surface area contributed by atoms with Gasteiger partial charge in [-0.3, -0.25) is 4.79 Å². The molecule has 1 heterocycles. The summed E-state index contributed by atoms with van der Waals surface area (Å²) in [6.07, 6.45) is 1.55. The van der Waals surface area contributed by atoms with Crippen LogP contribution in [0.1, 0.15) is 18.2 Å². The van der Waals surface area contributed by atoms with Crippen molar-refractivity contribution in [3.05, 3.63) is 23.7 Å². The van der Waals surface area contributed by atoms with Gasteiger partial charge in [0.15, 0.2) is 6.04 Å². The third-order valence-electron chi connectivity index (χ3n) is 2.56. The van der Waals surface area contributed by atoms with E-state index in [0.29, 0.717) is 6.54 Å². The lowest BCUT2D eigenvalue weighted by Crippen LogP contribution is -2.47. The highest BCUT2D eigenvalue weighted by Crippen LogP contribution is 2.11. The highest BCUT2D eigenvalue weighted by molar-refractivity contribution is 6.01. The normalized spacial score (nSPS) is 12.0. The van der Waals surface area contributed by atoms with Gasteiger partial charge in [-0.2, -0.15) is 0 Å². The highest BCUT2D eigenvalue weighted by Gasteiger charge is 2.26. The first-order valence-electron chi connectivity index (χ1n) is 5.67. The molecule has 1 amide bonds. The Balaban J connectivity index is 2.61. The molecule has 6 nitrogen and oxygen atoms in total. The van der Waals surface area contributed by atoms with Crippen molar-refractivity contribution in [2.24, 2.45) is 5.73 Å². The maximum atomic E-state index is 11.9. The lowest BCUT2D eigenvalue weighted by atomic mass is 10.2. The van der Waals surface area contributed by atoms with E-state index in [1.165, 1.54) is 4.90 Å². The Labute approximate surface area is 106 Å². The molecular formula is C12H18N2O4. The molecule has 0 spiro atoms. The van der Waals surface area contributed by atoms with Crippen LogP contribution < -0.4 is 5.73 Å². The van der Waals surface area contributed by atoms with Gasteiger partial charge in [-0.15, -0.1) is 0 Å². The van der Waals surface area contributed by atoms with Crippen molar-refractivity contribution in [2.45, 2.75) is 26.4 Å². The Morgan fingerprint density at radius 3 is 2.72 bits per heavy atom. The average Bonchev–Trinajstić information content (AvgIpc) is 2.73. The summed E-state index contributed by atoms with van der Waals surface area (Å²) in [6.45, 7) is 4.01. The number of hydrogen-bond donors (Lipinski definition) is 1. The van der Waals surface area contributed by atoms with E-state index in [2.05, 4.69) is 0 Å². The minimum atomic E-state index is -1.28. The molecule has 6 heteroatoms. The van der Waals surface area contributed by atoms with Crippen LogP contribution >= 0.6 is 0 Å². The smallest absolute Gasteiger partial charge is 0.332 e. The first-order valence-corrected chi connectivity index (χ1v) is 5.67. The number of ether oxygens (including phenoxy) is 1. The number of nitrogens with two attached hydrogens (primary N) is 1. The number of likely N-dealkylation sites (N-methyl/N-ethyl adjacent to an activating group) is 1. The third kappa shape index (κ3) is 3.33. The molecule has 0 aliphatic rings. The van der Waals surface area contributed by atoms with E-state index in [4.69, 9.17) is 14.9 Å². The van der Waals surface area contributed by atoms with Gasteiger partial charge in [-0.1, -0.05) is 0 Å². The second kappa shape index (κ2) is 6.20. The Bertz CT molecular complexity index is 427. The number of amides is 1. The molecule has 0 aromatic carbocycles. The van der Waals surface area contributed by atoms with E-state index in [-0.39, 0.29) is 6.61 Å². The van der Waals surface area contributed by atoms with Crippen LogP contribution in [0.25, 0.3) is 0 Å². The lowest BCUT2D eigenvalue weighted by Gasteiger charge is -2.20. The standard InChI is InChI=1S/C12H18N2O4/c1-4-17-12(16)10(13)11(15)14(3)7-9-5-6-18-8(9)2/h5-6,10H,4,7,13H2,1-3H3. The fourth-order valence-corrected chi connectivity index (χ4v) is 1.48. The zero-order chi connectivity index (χ0) is 13.7. The van der Waals surface area contributed by atoms with Crippen molar-refractivity contribution in [1.29, 1.82) is 0 Å². The number of nitrogens with zero attached hydrogens (tertiary/aromatic N) is 1. The monoisotopic (exact) mass is 254 g/mol. The SMILES string of the molecule is CCOC(=O)C(N)C(=O)N(C)Cc1ccoc1C. The first kappa shape index (κ1) is 14.2. The summed E-state index contributed by atoms with van der Waals surface area (Å²) in [4.78, 5) is 24.6. The molecule has 1 aromatic heterocycles. The van der Waals surface area contributed by atoms with Gasteiger partial charge in [0.05, 0.1) is 12.9 Å². The predicted octanol–water partition coefficient (Wildman–Crippen LogP) is 0.437. The van der Waals surface area contributed by atoms with Crippen molar-refractivity contribution >= 4 is 11.9 Å². The van der Waals surface area contributed by atoms with Gasteiger partial charge in [0.25, 0.3) is 5.91 Å². The molecule has 0 aliphatic carbocycles. The molecule has 0 saturated heterocycles. The molecule has 1 aromatic rings. The van der Waals surface area contributed by atoms with Crippen molar-refractivity contribution in [2.75, 3.05) is 13.7 Å². The Hall–Kier alpha value is -1.82. The van der Waals surface area contributed by atoms with Crippen LogP contribution in [0.2, 0.25) is 0 Å². The number of aryl methyl sites for hydroxylation is 1. The van der Waals surface area contributed by atoms with Crippen molar-refractivity contribution < 1.29 is 18.7 Å². The van der Waals surface area contributed by atoms with Crippen molar-refractivity contribution in [1.82, 2.24) is 4.90 Å². The molecule has 0 fully saturated rings. The maximum absolute atomic E-state index is 11.9. The molecule has 0 aliphatic heterocycles. The first-order chi connectivity index (χ1) is 8.47. The van der Waals surface area contributed by atoms with Crippen LogP contribution in [0.15, 0.2) is 16.7 Å². The fourth-order valence-electron chi connectivity index (χ4n) is 1.48. The average molecular weight is 254 g/mol. The quantitative estimate of drug-likeness (QED) is 0.608. The second-order valence-electron chi connectivity index (χ2n) is 3.93. The fraction of sp³-hybridized carbons (Fsp3) is 0.500. The Kier molecular flexibility index (Phi) is 4.91. The third-order valence-corrected chi connectivity index (χ3v) is 2.56. The van der Waals surface area contributed by atoms with E-state index in [1.807, 2.05) is 0 Å². The van der Waals surface area contributed by atoms with Gasteiger partial charge in [-0.05, 0) is 19.9 Å². The Morgan fingerprint density at radius 2 is 2.22 bits per heavy atom. The van der Waals surface area contributed by atoms with Crippen LogP contribution in [-0.4, -0.2) is 36.5 Å². The van der Waals surface area contributed by atoms with Crippen LogP contribution in [0.5, 0.6) is 0 Å². The molecule has 1 rings (SSSR count). The van der Waals surface area contributed by atoms with E-state index in [0.717, 1.165) is 11.3 Å². The van der Waals surface area contributed by atoms with Gasteiger partial charge in [0.2, 0.25) is 0 Å². The van der Waals surface area contributed by atoms with Gasteiger partial charge in [0, 0.05) is 19.2 Å². The van der Waals surface area contributed by atoms with Crippen LogP contribution in [0.4, 0.5) is 0 Å². The molecule has 18 heavy (non-hydrogen) atoms. The number of furan rings is 1. The number of carbonyl (C=O) groups is 2. The van der Waals surface area contributed by atoms with Crippen LogP contribution in [-0.2, 0) is 20.9 Å². The van der Waals surface area contributed by atoms with E-state index < -0.39 is 17.9 Å². The summed E-state index contributed by atoms with van der Waals surface area (Å²) in [5.74, 6) is -0.452. The minimum Gasteiger partial charge on any atom is -0.469 e. The van der Waals surface area contributed by atoms with Crippen molar-refractivity contribution in [3.8, 4) is 0 Å². The Morgan fingerprint density at radius 1 is 1.56 bits per heavy atom. The topological polar surface area (TPSA) is 85.8 Å². The van der Waals surface area contributed by atoms with E-state index in [1.54, 1.807) is 33.2 Å². The zero-order valence-corrected chi connectivity index (χ0v) is 10.8. The van der Waals surface area contributed by atoms with Crippen molar-refractivity contribution in [3.63, 3.8) is 0 Å². The van der Waals surface area contributed by atoms with Crippen LogP contribution in [0.3, 0.4) is 0 Å². The van der Waals surface area contributed by atoms with Gasteiger partial charge >= 0.3 is 5.97 Å². The minimum absolute atomic E-state index is 0.199.